The van der Waals surface area contributed by atoms with Gasteiger partial charge < -0.3 is 10.2 Å². The number of carbonyl (C=O) groups excluding carboxylic acids is 1. The van der Waals surface area contributed by atoms with E-state index in [4.69, 9.17) is 4.98 Å². The second-order valence-electron chi connectivity index (χ2n) is 8.14. The van der Waals surface area contributed by atoms with Crippen molar-refractivity contribution in [3.05, 3.63) is 105 Å². The van der Waals surface area contributed by atoms with Crippen LogP contribution in [0.1, 0.15) is 37.7 Å². The number of benzene rings is 3. The maximum Gasteiger partial charge on any atom is 0.322 e. The van der Waals surface area contributed by atoms with E-state index in [1.54, 1.807) is 15.5 Å². The van der Waals surface area contributed by atoms with E-state index in [-0.39, 0.29) is 11.6 Å². The summed E-state index contributed by atoms with van der Waals surface area (Å²) in [5.41, 5.74) is 2.21. The number of carbonyl (C=O) groups is 1. The highest BCUT2D eigenvalue weighted by atomic mass is 79.9. The molecule has 0 aliphatic heterocycles. The van der Waals surface area contributed by atoms with Crippen LogP contribution in [-0.2, 0) is 13.1 Å². The van der Waals surface area contributed by atoms with Crippen molar-refractivity contribution in [3.8, 4) is 0 Å². The van der Waals surface area contributed by atoms with E-state index in [1.807, 2.05) is 86.6 Å². The smallest absolute Gasteiger partial charge is 0.310 e. The maximum absolute atomic E-state index is 13.6. The number of aromatic nitrogens is 2. The minimum atomic E-state index is -0.452. The Hall–Kier alpha value is -3.45. The van der Waals surface area contributed by atoms with Gasteiger partial charge in [-0.15, -0.1) is 0 Å². The molecule has 0 saturated heterocycles. The minimum Gasteiger partial charge on any atom is -0.310 e. The first-order valence-electron chi connectivity index (χ1n) is 11.3. The lowest BCUT2D eigenvalue weighted by Crippen LogP contribution is -2.39. The molecule has 2 amide bonds. The molecule has 174 valence electrons. The first kappa shape index (κ1) is 23.7. The summed E-state index contributed by atoms with van der Waals surface area (Å²) in [5.74, 6) is 0.573. The molecule has 1 aromatic heterocycles. The monoisotopic (exact) mass is 518 g/mol. The van der Waals surface area contributed by atoms with Gasteiger partial charge in [0, 0.05) is 17.6 Å². The summed E-state index contributed by atoms with van der Waals surface area (Å²) in [5, 5.41) is 3.59. The zero-order valence-corrected chi connectivity index (χ0v) is 20.8. The molecule has 1 atom stereocenters. The average molecular weight is 519 g/mol. The van der Waals surface area contributed by atoms with Gasteiger partial charge in [0.25, 0.3) is 5.56 Å². The molecule has 0 aliphatic carbocycles. The topological polar surface area (TPSA) is 67.2 Å². The van der Waals surface area contributed by atoms with Crippen LogP contribution >= 0.6 is 15.9 Å². The molecule has 0 fully saturated rings. The standard InChI is InChI=1S/C27H27BrN4O2/c1-3-17-31-25(29-23-15-9-7-13-21(23)26(31)33)19(2)32(18-20-11-5-4-6-12-20)27(34)30-24-16-10-8-14-22(24)28/h4-16,19H,3,17-18H2,1-2H3,(H,30,34). The SMILES string of the molecule is CCCn1c(C(C)N(Cc2ccccc2)C(=O)Nc2ccccc2Br)nc2ccccc2c1=O. The van der Waals surface area contributed by atoms with Gasteiger partial charge in [0.2, 0.25) is 0 Å². The molecular weight excluding hydrogens is 492 g/mol. The van der Waals surface area contributed by atoms with Gasteiger partial charge in [0.15, 0.2) is 0 Å². The van der Waals surface area contributed by atoms with Crippen LogP contribution in [0.2, 0.25) is 0 Å². The lowest BCUT2D eigenvalue weighted by Gasteiger charge is -2.31. The summed E-state index contributed by atoms with van der Waals surface area (Å²) in [6.45, 7) is 4.84. The van der Waals surface area contributed by atoms with Crippen LogP contribution < -0.4 is 10.9 Å². The highest BCUT2D eigenvalue weighted by Crippen LogP contribution is 2.26. The first-order chi connectivity index (χ1) is 16.5. The van der Waals surface area contributed by atoms with Gasteiger partial charge >= 0.3 is 6.03 Å². The van der Waals surface area contributed by atoms with Crippen molar-refractivity contribution < 1.29 is 4.79 Å². The molecule has 4 rings (SSSR count). The highest BCUT2D eigenvalue weighted by Gasteiger charge is 2.27. The van der Waals surface area contributed by atoms with Crippen LogP contribution in [0.15, 0.2) is 88.1 Å². The Morgan fingerprint density at radius 1 is 1.03 bits per heavy atom. The van der Waals surface area contributed by atoms with Gasteiger partial charge in [-0.3, -0.25) is 9.36 Å². The summed E-state index contributed by atoms with van der Waals surface area (Å²) in [7, 11) is 0. The van der Waals surface area contributed by atoms with Crippen molar-refractivity contribution >= 4 is 38.6 Å². The number of urea groups is 1. The number of para-hydroxylation sites is 2. The molecule has 0 aliphatic rings. The fourth-order valence-corrected chi connectivity index (χ4v) is 4.38. The second kappa shape index (κ2) is 10.7. The van der Waals surface area contributed by atoms with Gasteiger partial charge in [-0.25, -0.2) is 9.78 Å². The van der Waals surface area contributed by atoms with Crippen LogP contribution in [0.4, 0.5) is 10.5 Å². The Morgan fingerprint density at radius 3 is 2.44 bits per heavy atom. The Bertz CT molecular complexity index is 1350. The normalized spacial score (nSPS) is 11.9. The summed E-state index contributed by atoms with van der Waals surface area (Å²) in [6, 6.07) is 23.9. The third-order valence-electron chi connectivity index (χ3n) is 5.75. The summed E-state index contributed by atoms with van der Waals surface area (Å²) < 4.78 is 2.50. The second-order valence-corrected chi connectivity index (χ2v) is 9.00. The van der Waals surface area contributed by atoms with Crippen LogP contribution in [0, 0.1) is 0 Å². The fraction of sp³-hybridized carbons (Fsp3) is 0.222. The van der Waals surface area contributed by atoms with E-state index in [0.29, 0.717) is 35.5 Å². The van der Waals surface area contributed by atoms with Gasteiger partial charge in [-0.2, -0.15) is 0 Å². The van der Waals surface area contributed by atoms with Crippen molar-refractivity contribution in [1.29, 1.82) is 0 Å². The maximum atomic E-state index is 13.6. The predicted octanol–water partition coefficient (Wildman–Crippen LogP) is 6.36. The summed E-state index contributed by atoms with van der Waals surface area (Å²) in [6.07, 6.45) is 0.779. The van der Waals surface area contributed by atoms with Crippen LogP contribution in [0.25, 0.3) is 10.9 Å². The van der Waals surface area contributed by atoms with Gasteiger partial charge in [-0.05, 0) is 59.1 Å². The summed E-state index contributed by atoms with van der Waals surface area (Å²) in [4.78, 5) is 33.5. The van der Waals surface area contributed by atoms with E-state index in [2.05, 4.69) is 21.2 Å². The largest absolute Gasteiger partial charge is 0.322 e. The molecule has 1 heterocycles. The molecule has 0 spiro atoms. The molecule has 3 aromatic carbocycles. The van der Waals surface area contributed by atoms with Crippen LogP contribution in [0.5, 0.6) is 0 Å². The number of hydrogen-bond acceptors (Lipinski definition) is 3. The van der Waals surface area contributed by atoms with Crippen LogP contribution in [-0.4, -0.2) is 20.5 Å². The fourth-order valence-electron chi connectivity index (χ4n) is 4.00. The van der Waals surface area contributed by atoms with Gasteiger partial charge in [0.05, 0.1) is 22.6 Å². The number of nitrogens with one attached hydrogen (secondary N) is 1. The quantitative estimate of drug-likeness (QED) is 0.309. The number of hydrogen-bond donors (Lipinski definition) is 1. The molecule has 6 nitrogen and oxygen atoms in total. The van der Waals surface area contributed by atoms with Gasteiger partial charge in [-0.1, -0.05) is 61.5 Å². The minimum absolute atomic E-state index is 0.0832. The Morgan fingerprint density at radius 2 is 1.71 bits per heavy atom. The number of anilines is 1. The van der Waals surface area contributed by atoms with Crippen molar-refractivity contribution in [1.82, 2.24) is 14.5 Å². The molecular formula is C27H27BrN4O2. The number of fused-ring (bicyclic) bond motifs is 1. The number of halogens is 1. The Labute approximate surface area is 207 Å². The Kier molecular flexibility index (Phi) is 7.43. The molecule has 1 N–H and O–H groups in total. The first-order valence-corrected chi connectivity index (χ1v) is 12.1. The van der Waals surface area contributed by atoms with Crippen LogP contribution in [0.3, 0.4) is 0 Å². The Balaban J connectivity index is 1.78. The zero-order valence-electron chi connectivity index (χ0n) is 19.2. The molecule has 34 heavy (non-hydrogen) atoms. The molecule has 0 saturated carbocycles. The van der Waals surface area contributed by atoms with Gasteiger partial charge in [0.1, 0.15) is 5.82 Å². The molecule has 0 radical (unpaired) electrons. The lowest BCUT2D eigenvalue weighted by atomic mass is 10.1. The van der Waals surface area contributed by atoms with Crippen molar-refractivity contribution in [3.63, 3.8) is 0 Å². The van der Waals surface area contributed by atoms with Crippen molar-refractivity contribution in [2.24, 2.45) is 0 Å². The molecule has 0 bridgehead atoms. The van der Waals surface area contributed by atoms with Crippen molar-refractivity contribution in [2.75, 3.05) is 5.32 Å². The summed E-state index contributed by atoms with van der Waals surface area (Å²) >= 11 is 3.50. The number of rotatable bonds is 7. The molecule has 1 unspecified atom stereocenters. The van der Waals surface area contributed by atoms with E-state index in [1.165, 1.54) is 0 Å². The molecule has 7 heteroatoms. The average Bonchev–Trinajstić information content (AvgIpc) is 2.86. The third-order valence-corrected chi connectivity index (χ3v) is 6.44. The van der Waals surface area contributed by atoms with Crippen molar-refractivity contribution in [2.45, 2.75) is 39.4 Å². The predicted molar refractivity (Wildman–Crippen MR) is 140 cm³/mol. The van der Waals surface area contributed by atoms with E-state index in [9.17, 15) is 9.59 Å². The number of amides is 2. The van der Waals surface area contributed by atoms with E-state index < -0.39 is 6.04 Å². The third kappa shape index (κ3) is 5.04. The number of nitrogens with zero attached hydrogens (tertiary/aromatic N) is 3. The van der Waals surface area contributed by atoms with E-state index >= 15 is 0 Å². The highest BCUT2D eigenvalue weighted by molar-refractivity contribution is 9.10. The molecule has 4 aromatic rings. The zero-order chi connectivity index (χ0) is 24.1. The van der Waals surface area contributed by atoms with E-state index in [0.717, 1.165) is 16.5 Å². The lowest BCUT2D eigenvalue weighted by molar-refractivity contribution is 0.184.